The van der Waals surface area contributed by atoms with E-state index in [2.05, 4.69) is 15.3 Å². The van der Waals surface area contributed by atoms with Crippen molar-refractivity contribution in [2.75, 3.05) is 0 Å². The van der Waals surface area contributed by atoms with Crippen LogP contribution in [0.5, 0.6) is 0 Å². The molecule has 0 aliphatic rings. The maximum atomic E-state index is 8.73. The summed E-state index contributed by atoms with van der Waals surface area (Å²) in [6.45, 7) is -0.0705. The van der Waals surface area contributed by atoms with Crippen molar-refractivity contribution in [2.45, 2.75) is 6.61 Å². The zero-order valence-electron chi connectivity index (χ0n) is 6.08. The van der Waals surface area contributed by atoms with Crippen LogP contribution >= 0.6 is 11.3 Å². The third-order valence-electron chi connectivity index (χ3n) is 1.29. The molecule has 0 atom stereocenters. The second-order valence-corrected chi connectivity index (χ2v) is 3.13. The van der Waals surface area contributed by atoms with Crippen LogP contribution in [0.1, 0.15) is 5.01 Å². The number of hydrogen-bond acceptors (Lipinski definition) is 5. The summed E-state index contributed by atoms with van der Waals surface area (Å²) in [4.78, 5) is 0. The van der Waals surface area contributed by atoms with Gasteiger partial charge in [-0.05, 0) is 6.07 Å². The number of rotatable bonds is 2. The molecule has 12 heavy (non-hydrogen) atoms. The summed E-state index contributed by atoms with van der Waals surface area (Å²) in [5.74, 6) is 0. The molecule has 5 nitrogen and oxygen atoms in total. The molecule has 2 rings (SSSR count). The molecule has 2 heterocycles. The van der Waals surface area contributed by atoms with Crippen LogP contribution in [0.4, 0.5) is 0 Å². The van der Waals surface area contributed by atoms with Gasteiger partial charge in [0.15, 0.2) is 0 Å². The van der Waals surface area contributed by atoms with Gasteiger partial charge < -0.3 is 5.11 Å². The lowest BCUT2D eigenvalue weighted by molar-refractivity contribution is 0.280. The molecule has 0 saturated heterocycles. The van der Waals surface area contributed by atoms with Crippen molar-refractivity contribution < 1.29 is 5.11 Å². The van der Waals surface area contributed by atoms with Gasteiger partial charge in [-0.3, -0.25) is 0 Å². The highest BCUT2D eigenvalue weighted by Gasteiger charge is 2.03. The Hall–Kier alpha value is -1.27. The first-order valence-electron chi connectivity index (χ1n) is 3.33. The van der Waals surface area contributed by atoms with Gasteiger partial charge in [0.2, 0.25) is 5.13 Å². The van der Waals surface area contributed by atoms with Gasteiger partial charge in [-0.15, -0.1) is 10.2 Å². The Kier molecular flexibility index (Phi) is 1.84. The van der Waals surface area contributed by atoms with E-state index in [1.165, 1.54) is 11.3 Å². The zero-order valence-corrected chi connectivity index (χ0v) is 6.90. The van der Waals surface area contributed by atoms with Gasteiger partial charge in [-0.2, -0.15) is 5.10 Å². The number of aliphatic hydroxyl groups is 1. The summed E-state index contributed by atoms with van der Waals surface area (Å²) in [7, 11) is 0. The Labute approximate surface area is 72.3 Å². The fraction of sp³-hybridized carbons (Fsp3) is 0.167. The Bertz CT molecular complexity index is 355. The van der Waals surface area contributed by atoms with Gasteiger partial charge >= 0.3 is 0 Å². The van der Waals surface area contributed by atoms with Crippen molar-refractivity contribution >= 4 is 11.3 Å². The average molecular weight is 182 g/mol. The second-order valence-electron chi connectivity index (χ2n) is 2.09. The van der Waals surface area contributed by atoms with Crippen LogP contribution in [0.2, 0.25) is 0 Å². The highest BCUT2D eigenvalue weighted by Crippen LogP contribution is 2.12. The van der Waals surface area contributed by atoms with Crippen LogP contribution in [0.25, 0.3) is 5.13 Å². The predicted molar refractivity (Wildman–Crippen MR) is 43.0 cm³/mol. The highest BCUT2D eigenvalue weighted by molar-refractivity contribution is 7.13. The molecule has 0 fully saturated rings. The lowest BCUT2D eigenvalue weighted by atomic mass is 10.8. The fourth-order valence-corrected chi connectivity index (χ4v) is 1.42. The SMILES string of the molecule is OCc1nnc(-n2cccn2)s1. The standard InChI is InChI=1S/C6H6N4OS/c11-4-5-8-9-6(12-5)10-3-1-2-7-10/h1-3,11H,4H2. The van der Waals surface area contributed by atoms with Crippen molar-refractivity contribution in [2.24, 2.45) is 0 Å². The lowest BCUT2D eigenvalue weighted by Gasteiger charge is -1.88. The monoisotopic (exact) mass is 182 g/mol. The van der Waals surface area contributed by atoms with E-state index in [4.69, 9.17) is 5.11 Å². The number of aliphatic hydroxyl groups excluding tert-OH is 1. The Morgan fingerprint density at radius 3 is 3.00 bits per heavy atom. The van der Waals surface area contributed by atoms with Crippen LogP contribution in [0.3, 0.4) is 0 Å². The maximum absolute atomic E-state index is 8.73. The molecular weight excluding hydrogens is 176 g/mol. The van der Waals surface area contributed by atoms with Crippen LogP contribution in [0, 0.1) is 0 Å². The largest absolute Gasteiger partial charge is 0.389 e. The molecule has 2 aromatic heterocycles. The first-order valence-corrected chi connectivity index (χ1v) is 4.15. The second kappa shape index (κ2) is 3.00. The molecule has 6 heteroatoms. The lowest BCUT2D eigenvalue weighted by Crippen LogP contribution is -1.92. The molecule has 0 unspecified atom stereocenters. The minimum Gasteiger partial charge on any atom is -0.389 e. The summed E-state index contributed by atoms with van der Waals surface area (Å²) < 4.78 is 1.61. The van der Waals surface area contributed by atoms with Gasteiger partial charge in [-0.25, -0.2) is 4.68 Å². The van der Waals surface area contributed by atoms with Gasteiger partial charge in [0.05, 0.1) is 6.61 Å². The molecule has 62 valence electrons. The summed E-state index contributed by atoms with van der Waals surface area (Å²) in [6, 6.07) is 1.81. The van der Waals surface area contributed by atoms with Crippen LogP contribution in [-0.4, -0.2) is 25.1 Å². The molecule has 0 aliphatic heterocycles. The van der Waals surface area contributed by atoms with Gasteiger partial charge in [0.25, 0.3) is 0 Å². The first kappa shape index (κ1) is 7.38. The minimum atomic E-state index is -0.0705. The maximum Gasteiger partial charge on any atom is 0.232 e. The third kappa shape index (κ3) is 1.21. The van der Waals surface area contributed by atoms with Crippen LogP contribution < -0.4 is 0 Å². The number of aromatic nitrogens is 4. The Morgan fingerprint density at radius 1 is 1.50 bits per heavy atom. The minimum absolute atomic E-state index is 0.0705. The zero-order chi connectivity index (χ0) is 8.39. The van der Waals surface area contributed by atoms with E-state index < -0.39 is 0 Å². The molecule has 0 aliphatic carbocycles. The van der Waals surface area contributed by atoms with Crippen molar-refractivity contribution in [1.29, 1.82) is 0 Å². The predicted octanol–water partition coefficient (Wildman–Crippen LogP) is 0.216. The highest BCUT2D eigenvalue weighted by atomic mass is 32.1. The van der Waals surface area contributed by atoms with E-state index in [-0.39, 0.29) is 6.61 Å². The van der Waals surface area contributed by atoms with Gasteiger partial charge in [0, 0.05) is 12.4 Å². The quantitative estimate of drug-likeness (QED) is 0.721. The summed E-state index contributed by atoms with van der Waals surface area (Å²) in [5, 5.41) is 21.6. The van der Waals surface area contributed by atoms with E-state index in [9.17, 15) is 0 Å². The third-order valence-corrected chi connectivity index (χ3v) is 2.19. The summed E-state index contributed by atoms with van der Waals surface area (Å²) >= 11 is 1.32. The number of nitrogens with zero attached hydrogens (tertiary/aromatic N) is 4. The van der Waals surface area contributed by atoms with E-state index >= 15 is 0 Å². The van der Waals surface area contributed by atoms with E-state index in [0.29, 0.717) is 10.1 Å². The van der Waals surface area contributed by atoms with Crippen molar-refractivity contribution in [3.63, 3.8) is 0 Å². The smallest absolute Gasteiger partial charge is 0.232 e. The molecule has 0 spiro atoms. The van der Waals surface area contributed by atoms with Crippen LogP contribution in [-0.2, 0) is 6.61 Å². The van der Waals surface area contributed by atoms with Crippen molar-refractivity contribution in [3.05, 3.63) is 23.5 Å². The number of hydrogen-bond donors (Lipinski definition) is 1. The fourth-order valence-electron chi connectivity index (χ4n) is 0.783. The molecule has 0 saturated carbocycles. The molecule has 0 amide bonds. The topological polar surface area (TPSA) is 63.8 Å². The Balaban J connectivity index is 2.35. The van der Waals surface area contributed by atoms with Crippen molar-refractivity contribution in [3.8, 4) is 5.13 Å². The molecular formula is C6H6N4OS. The molecule has 1 N–H and O–H groups in total. The molecule has 0 bridgehead atoms. The molecule has 0 aromatic carbocycles. The first-order chi connectivity index (χ1) is 5.90. The van der Waals surface area contributed by atoms with E-state index in [0.717, 1.165) is 0 Å². The average Bonchev–Trinajstić information content (AvgIpc) is 2.75. The normalized spacial score (nSPS) is 10.4. The molecule has 0 radical (unpaired) electrons. The summed E-state index contributed by atoms with van der Waals surface area (Å²) in [5.41, 5.74) is 0. The molecule has 2 aromatic rings. The summed E-state index contributed by atoms with van der Waals surface area (Å²) in [6.07, 6.45) is 3.45. The van der Waals surface area contributed by atoms with Gasteiger partial charge in [-0.1, -0.05) is 11.3 Å². The van der Waals surface area contributed by atoms with Crippen molar-refractivity contribution in [1.82, 2.24) is 20.0 Å². The Morgan fingerprint density at radius 2 is 2.42 bits per heavy atom. The van der Waals surface area contributed by atoms with Crippen LogP contribution in [0.15, 0.2) is 18.5 Å². The van der Waals surface area contributed by atoms with E-state index in [1.807, 2.05) is 0 Å². The van der Waals surface area contributed by atoms with E-state index in [1.54, 1.807) is 23.1 Å². The van der Waals surface area contributed by atoms with Gasteiger partial charge in [0.1, 0.15) is 5.01 Å².